The molecule has 0 spiro atoms. The second-order valence-corrected chi connectivity index (χ2v) is 9.21. The molecule has 0 aliphatic carbocycles. The first-order chi connectivity index (χ1) is 16.0. The van der Waals surface area contributed by atoms with E-state index in [0.717, 1.165) is 35.7 Å². The van der Waals surface area contributed by atoms with Gasteiger partial charge in [0.25, 0.3) is 0 Å². The molecule has 1 fully saturated rings. The van der Waals surface area contributed by atoms with E-state index in [-0.39, 0.29) is 17.3 Å². The van der Waals surface area contributed by atoms with E-state index in [1.54, 1.807) is 32.4 Å². The molecule has 2 aromatic heterocycles. The highest BCUT2D eigenvalue weighted by Crippen LogP contribution is 2.39. The van der Waals surface area contributed by atoms with Crippen LogP contribution in [0.1, 0.15) is 55.9 Å². The van der Waals surface area contributed by atoms with Gasteiger partial charge in [0.15, 0.2) is 5.82 Å². The zero-order chi connectivity index (χ0) is 23.4. The van der Waals surface area contributed by atoms with Gasteiger partial charge in [-0.25, -0.2) is 0 Å². The Labute approximate surface area is 198 Å². The number of hydrogen-bond acceptors (Lipinski definition) is 9. The van der Waals surface area contributed by atoms with Crippen molar-refractivity contribution in [3.8, 4) is 17.2 Å². The summed E-state index contributed by atoms with van der Waals surface area (Å²) in [5.41, 5.74) is 2.60. The van der Waals surface area contributed by atoms with E-state index >= 15 is 0 Å². The lowest BCUT2D eigenvalue weighted by Crippen LogP contribution is -2.15. The summed E-state index contributed by atoms with van der Waals surface area (Å²) in [6, 6.07) is 5.69. The molecule has 1 aliphatic heterocycles. The van der Waals surface area contributed by atoms with Crippen molar-refractivity contribution in [2.75, 3.05) is 25.5 Å². The number of para-hydroxylation sites is 1. The lowest BCUT2D eigenvalue weighted by Gasteiger charge is -2.21. The normalized spacial score (nSPS) is 17.5. The van der Waals surface area contributed by atoms with Gasteiger partial charge in [-0.05, 0) is 43.8 Å². The van der Waals surface area contributed by atoms with Crippen LogP contribution in [0.15, 0.2) is 30.6 Å². The molecule has 9 nitrogen and oxygen atoms in total. The second kappa shape index (κ2) is 10.4. The van der Waals surface area contributed by atoms with Gasteiger partial charge in [-0.3, -0.25) is 19.3 Å². The highest BCUT2D eigenvalue weighted by Gasteiger charge is 2.29. The number of rotatable bonds is 9. The van der Waals surface area contributed by atoms with Gasteiger partial charge in [0.1, 0.15) is 23.3 Å². The van der Waals surface area contributed by atoms with Gasteiger partial charge >= 0.3 is 0 Å². The maximum Gasteiger partial charge on any atom is 0.239 e. The van der Waals surface area contributed by atoms with E-state index < -0.39 is 0 Å². The van der Waals surface area contributed by atoms with Crippen LogP contribution in [0.2, 0.25) is 0 Å². The second-order valence-electron chi connectivity index (χ2n) is 8.03. The summed E-state index contributed by atoms with van der Waals surface area (Å²) in [6.07, 6.45) is 5.39. The topological polar surface area (TPSA) is 96.2 Å². The van der Waals surface area contributed by atoms with E-state index in [1.165, 1.54) is 0 Å². The van der Waals surface area contributed by atoms with Gasteiger partial charge in [0.05, 0.1) is 25.6 Å². The van der Waals surface area contributed by atoms with Crippen LogP contribution in [0.5, 0.6) is 11.5 Å². The number of anilines is 1. The van der Waals surface area contributed by atoms with Crippen molar-refractivity contribution < 1.29 is 14.2 Å². The minimum atomic E-state index is -0.133. The fourth-order valence-electron chi connectivity index (χ4n) is 3.75. The van der Waals surface area contributed by atoms with Crippen molar-refractivity contribution in [3.05, 3.63) is 47.8 Å². The number of nitrogens with one attached hydrogen (secondary N) is 1. The molecule has 0 saturated carbocycles. The Morgan fingerprint density at radius 2 is 1.88 bits per heavy atom. The molecule has 0 bridgehead atoms. The Kier molecular flexibility index (Phi) is 7.34. The first kappa shape index (κ1) is 23.3. The van der Waals surface area contributed by atoms with Gasteiger partial charge < -0.3 is 14.2 Å². The van der Waals surface area contributed by atoms with Crippen LogP contribution in [-0.2, 0) is 4.74 Å². The van der Waals surface area contributed by atoms with Crippen LogP contribution in [-0.4, -0.2) is 50.8 Å². The zero-order valence-corrected chi connectivity index (χ0v) is 20.4. The highest BCUT2D eigenvalue weighted by molar-refractivity contribution is 8.01. The van der Waals surface area contributed by atoms with Crippen LogP contribution < -0.4 is 14.2 Å². The molecule has 1 aromatic carbocycles. The Balaban J connectivity index is 1.65. The van der Waals surface area contributed by atoms with Crippen molar-refractivity contribution in [1.29, 1.82) is 0 Å². The van der Waals surface area contributed by atoms with Crippen molar-refractivity contribution in [2.24, 2.45) is 0 Å². The van der Waals surface area contributed by atoms with Crippen molar-refractivity contribution >= 4 is 17.9 Å². The Hall–Kier alpha value is -2.85. The lowest BCUT2D eigenvalue weighted by molar-refractivity contribution is 0.103. The number of aromatic nitrogens is 5. The molecule has 1 saturated heterocycles. The molecule has 0 amide bonds. The highest BCUT2D eigenvalue weighted by atomic mass is 32.2. The average Bonchev–Trinajstić information content (AvgIpc) is 3.51. The number of ether oxygens (including phenoxy) is 3. The first-order valence-corrected chi connectivity index (χ1v) is 11.9. The van der Waals surface area contributed by atoms with Crippen molar-refractivity contribution in [1.82, 2.24) is 24.7 Å². The molecular weight excluding hydrogens is 440 g/mol. The third-order valence-corrected chi connectivity index (χ3v) is 6.92. The summed E-state index contributed by atoms with van der Waals surface area (Å²) < 4.78 is 22.6. The molecule has 4 rings (SSSR count). The Morgan fingerprint density at radius 3 is 2.48 bits per heavy atom. The molecule has 176 valence electrons. The van der Waals surface area contributed by atoms with Crippen molar-refractivity contribution in [2.45, 2.75) is 50.9 Å². The van der Waals surface area contributed by atoms with Gasteiger partial charge in [-0.2, -0.15) is 0 Å². The summed E-state index contributed by atoms with van der Waals surface area (Å²) in [5.74, 6) is 2.83. The van der Waals surface area contributed by atoms with Crippen LogP contribution >= 0.6 is 11.9 Å². The standard InChI is InChI=1S/C23H30N6O3S/c1-14-12-25-17(13-24-14)15(2)16(3)33-28-23-27-26-22(20-10-7-11-32-20)29(23)21-18(30-4)8-6-9-19(21)31-5/h6,8-9,12-13,15-16,20H,7,10-11H2,1-5H3,(H,27,28). The molecule has 3 aromatic rings. The third-order valence-electron chi connectivity index (χ3n) is 5.84. The molecule has 33 heavy (non-hydrogen) atoms. The fraction of sp³-hybridized carbons (Fsp3) is 0.478. The van der Waals surface area contributed by atoms with E-state index in [0.29, 0.717) is 24.1 Å². The van der Waals surface area contributed by atoms with Gasteiger partial charge in [0.2, 0.25) is 5.95 Å². The minimum Gasteiger partial charge on any atom is -0.494 e. The first-order valence-electron chi connectivity index (χ1n) is 11.0. The average molecular weight is 471 g/mol. The molecule has 1 N–H and O–H groups in total. The number of hydrogen-bond donors (Lipinski definition) is 1. The number of aryl methyl sites for hydroxylation is 1. The maximum atomic E-state index is 5.94. The molecule has 0 radical (unpaired) electrons. The maximum absolute atomic E-state index is 5.94. The van der Waals surface area contributed by atoms with Crippen LogP contribution in [0, 0.1) is 6.92 Å². The molecule has 3 heterocycles. The van der Waals surface area contributed by atoms with Crippen LogP contribution in [0.3, 0.4) is 0 Å². The summed E-state index contributed by atoms with van der Waals surface area (Å²) in [6.45, 7) is 6.94. The zero-order valence-electron chi connectivity index (χ0n) is 19.6. The van der Waals surface area contributed by atoms with E-state index in [2.05, 4.69) is 38.7 Å². The van der Waals surface area contributed by atoms with Crippen molar-refractivity contribution in [3.63, 3.8) is 0 Å². The van der Waals surface area contributed by atoms with Gasteiger partial charge in [0, 0.05) is 30.2 Å². The van der Waals surface area contributed by atoms with Crippen LogP contribution in [0.25, 0.3) is 5.69 Å². The van der Waals surface area contributed by atoms with E-state index in [9.17, 15) is 0 Å². The summed E-state index contributed by atoms with van der Waals surface area (Å²) in [7, 11) is 3.28. The number of methoxy groups -OCH3 is 2. The summed E-state index contributed by atoms with van der Waals surface area (Å²) >= 11 is 1.56. The van der Waals surface area contributed by atoms with Gasteiger partial charge in [-0.1, -0.05) is 19.9 Å². The minimum absolute atomic E-state index is 0.133. The summed E-state index contributed by atoms with van der Waals surface area (Å²) in [5, 5.41) is 9.15. The molecule has 1 aliphatic rings. The quantitative estimate of drug-likeness (QED) is 0.454. The largest absolute Gasteiger partial charge is 0.494 e. The van der Waals surface area contributed by atoms with Crippen LogP contribution in [0.4, 0.5) is 5.95 Å². The molecule has 3 atom stereocenters. The SMILES string of the molecule is COc1cccc(OC)c1-n1c(NSC(C)C(C)c2cnc(C)cn2)nnc1C1CCCO1. The molecule has 3 unspecified atom stereocenters. The predicted octanol–water partition coefficient (Wildman–Crippen LogP) is 4.49. The Morgan fingerprint density at radius 1 is 1.12 bits per heavy atom. The molecule has 10 heteroatoms. The third kappa shape index (κ3) is 4.91. The van der Waals surface area contributed by atoms with E-state index in [4.69, 9.17) is 14.2 Å². The van der Waals surface area contributed by atoms with E-state index in [1.807, 2.05) is 35.9 Å². The fourth-order valence-corrected chi connectivity index (χ4v) is 4.52. The lowest BCUT2D eigenvalue weighted by atomic mass is 10.1. The molecular formula is C23H30N6O3S. The predicted molar refractivity (Wildman–Crippen MR) is 128 cm³/mol. The summed E-state index contributed by atoms with van der Waals surface area (Å²) in [4.78, 5) is 8.91. The monoisotopic (exact) mass is 470 g/mol. The number of nitrogens with zero attached hydrogens (tertiary/aromatic N) is 5. The number of benzene rings is 1. The Bertz CT molecular complexity index is 1050. The van der Waals surface area contributed by atoms with Gasteiger partial charge in [-0.15, -0.1) is 10.2 Å². The smallest absolute Gasteiger partial charge is 0.239 e.